The number of amides is 1. The van der Waals surface area contributed by atoms with E-state index in [1.807, 2.05) is 0 Å². The maximum absolute atomic E-state index is 13.3. The van der Waals surface area contributed by atoms with E-state index < -0.39 is 17.5 Å². The van der Waals surface area contributed by atoms with Gasteiger partial charge >= 0.3 is 5.76 Å². The number of hydrogen-bond donors (Lipinski definition) is 2. The second-order valence-corrected chi connectivity index (χ2v) is 5.25. The van der Waals surface area contributed by atoms with E-state index in [2.05, 4.69) is 26.2 Å². The molecule has 0 aliphatic rings. The van der Waals surface area contributed by atoms with Crippen LogP contribution in [0.15, 0.2) is 50.1 Å². The first-order chi connectivity index (χ1) is 10.0. The molecular formula is C14H8BrFN2O3. The fourth-order valence-electron chi connectivity index (χ4n) is 1.91. The third-order valence-electron chi connectivity index (χ3n) is 2.80. The third kappa shape index (κ3) is 2.87. The van der Waals surface area contributed by atoms with Gasteiger partial charge < -0.3 is 9.73 Å². The summed E-state index contributed by atoms with van der Waals surface area (Å²) in [4.78, 5) is 25.6. The minimum absolute atomic E-state index is 0.178. The van der Waals surface area contributed by atoms with Crippen molar-refractivity contribution in [3.8, 4) is 0 Å². The molecule has 1 amide bonds. The predicted molar refractivity (Wildman–Crippen MR) is 78.9 cm³/mol. The van der Waals surface area contributed by atoms with Crippen molar-refractivity contribution >= 4 is 38.6 Å². The summed E-state index contributed by atoms with van der Waals surface area (Å²) in [6, 6.07) is 8.64. The highest BCUT2D eigenvalue weighted by molar-refractivity contribution is 9.10. The standard InChI is InChI=1S/C14H8BrFN2O3/c15-8-3-7(4-9(16)5-8)13(19)17-10-1-2-11-12(6-10)21-14(20)18-11/h1-6H,(H,17,19)(H,18,20). The number of hydrogen-bond acceptors (Lipinski definition) is 3. The molecule has 3 aromatic rings. The van der Waals surface area contributed by atoms with Gasteiger partial charge in [-0.1, -0.05) is 15.9 Å². The Morgan fingerprint density at radius 1 is 1.24 bits per heavy atom. The van der Waals surface area contributed by atoms with Gasteiger partial charge in [0.1, 0.15) is 5.82 Å². The van der Waals surface area contributed by atoms with Crippen LogP contribution in [0, 0.1) is 5.82 Å². The molecule has 0 spiro atoms. The van der Waals surface area contributed by atoms with Crippen LogP contribution in [0.25, 0.3) is 11.1 Å². The molecule has 1 heterocycles. The number of anilines is 1. The van der Waals surface area contributed by atoms with Crippen molar-refractivity contribution in [2.45, 2.75) is 0 Å². The van der Waals surface area contributed by atoms with Crippen LogP contribution in [0.1, 0.15) is 10.4 Å². The maximum atomic E-state index is 13.3. The average molecular weight is 351 g/mol. The van der Waals surface area contributed by atoms with Gasteiger partial charge in [0.15, 0.2) is 5.58 Å². The highest BCUT2D eigenvalue weighted by Gasteiger charge is 2.10. The molecule has 0 saturated heterocycles. The molecule has 106 valence electrons. The Morgan fingerprint density at radius 3 is 2.81 bits per heavy atom. The van der Waals surface area contributed by atoms with Crippen molar-refractivity contribution in [2.24, 2.45) is 0 Å². The lowest BCUT2D eigenvalue weighted by atomic mass is 10.2. The zero-order valence-electron chi connectivity index (χ0n) is 10.4. The number of halogens is 2. The van der Waals surface area contributed by atoms with Gasteiger partial charge in [-0.2, -0.15) is 0 Å². The molecule has 3 rings (SSSR count). The molecular weight excluding hydrogens is 343 g/mol. The SMILES string of the molecule is O=C(Nc1ccc2[nH]c(=O)oc2c1)c1cc(F)cc(Br)c1. The second kappa shape index (κ2) is 5.17. The lowest BCUT2D eigenvalue weighted by molar-refractivity contribution is 0.102. The molecule has 0 bridgehead atoms. The molecule has 2 N–H and O–H groups in total. The number of fused-ring (bicyclic) bond motifs is 1. The van der Waals surface area contributed by atoms with Crippen molar-refractivity contribution in [1.82, 2.24) is 4.98 Å². The van der Waals surface area contributed by atoms with Crippen molar-refractivity contribution in [3.63, 3.8) is 0 Å². The van der Waals surface area contributed by atoms with E-state index >= 15 is 0 Å². The highest BCUT2D eigenvalue weighted by Crippen LogP contribution is 2.19. The summed E-state index contributed by atoms with van der Waals surface area (Å²) >= 11 is 3.13. The summed E-state index contributed by atoms with van der Waals surface area (Å²) in [6.45, 7) is 0. The Bertz CT molecular complexity index is 880. The molecule has 5 nitrogen and oxygen atoms in total. The molecule has 0 fully saturated rings. The van der Waals surface area contributed by atoms with E-state index in [1.54, 1.807) is 12.1 Å². The van der Waals surface area contributed by atoms with Crippen molar-refractivity contribution in [3.05, 3.63) is 62.8 Å². The minimum atomic E-state index is -0.567. The number of oxazole rings is 1. The van der Waals surface area contributed by atoms with Gasteiger partial charge in [-0.25, -0.2) is 9.18 Å². The Labute approximate surface area is 125 Å². The molecule has 0 radical (unpaired) electrons. The van der Waals surface area contributed by atoms with E-state index in [-0.39, 0.29) is 5.56 Å². The average Bonchev–Trinajstić information content (AvgIpc) is 2.77. The predicted octanol–water partition coefficient (Wildman–Crippen LogP) is 3.28. The quantitative estimate of drug-likeness (QED) is 0.744. The summed E-state index contributed by atoms with van der Waals surface area (Å²) in [5, 5.41) is 2.61. The van der Waals surface area contributed by atoms with Crippen LogP contribution in [0.2, 0.25) is 0 Å². The van der Waals surface area contributed by atoms with Crippen LogP contribution < -0.4 is 11.1 Å². The smallest absolute Gasteiger partial charge is 0.408 e. The molecule has 0 aliphatic carbocycles. The van der Waals surface area contributed by atoms with Gasteiger partial charge in [-0.3, -0.25) is 9.78 Å². The van der Waals surface area contributed by atoms with E-state index in [0.29, 0.717) is 21.3 Å². The fourth-order valence-corrected chi connectivity index (χ4v) is 2.38. The summed E-state index contributed by atoms with van der Waals surface area (Å²) in [5.41, 5.74) is 1.48. The molecule has 2 aromatic carbocycles. The molecule has 1 aromatic heterocycles. The molecule has 7 heteroatoms. The van der Waals surface area contributed by atoms with E-state index in [1.165, 1.54) is 18.2 Å². The van der Waals surface area contributed by atoms with Crippen molar-refractivity contribution < 1.29 is 13.6 Å². The van der Waals surface area contributed by atoms with Gasteiger partial charge in [0.25, 0.3) is 5.91 Å². The number of aromatic amines is 1. The Hall–Kier alpha value is -2.41. The van der Waals surface area contributed by atoms with Gasteiger partial charge in [0, 0.05) is 21.8 Å². The Balaban J connectivity index is 1.90. The first-order valence-corrected chi connectivity index (χ1v) is 6.71. The van der Waals surface area contributed by atoms with Crippen LogP contribution >= 0.6 is 15.9 Å². The lowest BCUT2D eigenvalue weighted by Gasteiger charge is -2.05. The largest absolute Gasteiger partial charge is 0.417 e. The number of rotatable bonds is 2. The normalized spacial score (nSPS) is 10.8. The summed E-state index contributed by atoms with van der Waals surface area (Å²) in [6.07, 6.45) is 0. The first-order valence-electron chi connectivity index (χ1n) is 5.91. The number of carbonyl (C=O) groups is 1. The third-order valence-corrected chi connectivity index (χ3v) is 3.26. The van der Waals surface area contributed by atoms with Crippen LogP contribution in [-0.2, 0) is 0 Å². The second-order valence-electron chi connectivity index (χ2n) is 4.34. The van der Waals surface area contributed by atoms with Crippen LogP contribution in [-0.4, -0.2) is 10.9 Å². The fraction of sp³-hybridized carbons (Fsp3) is 0. The maximum Gasteiger partial charge on any atom is 0.417 e. The number of nitrogens with one attached hydrogen (secondary N) is 2. The molecule has 0 unspecified atom stereocenters. The van der Waals surface area contributed by atoms with Crippen LogP contribution in [0.3, 0.4) is 0 Å². The minimum Gasteiger partial charge on any atom is -0.408 e. The van der Waals surface area contributed by atoms with Crippen molar-refractivity contribution in [1.29, 1.82) is 0 Å². The van der Waals surface area contributed by atoms with Gasteiger partial charge in [-0.15, -0.1) is 0 Å². The lowest BCUT2D eigenvalue weighted by Crippen LogP contribution is -2.12. The Morgan fingerprint density at radius 2 is 2.05 bits per heavy atom. The topological polar surface area (TPSA) is 75.1 Å². The molecule has 21 heavy (non-hydrogen) atoms. The van der Waals surface area contributed by atoms with Gasteiger partial charge in [0.2, 0.25) is 0 Å². The van der Waals surface area contributed by atoms with E-state index in [9.17, 15) is 14.0 Å². The number of benzene rings is 2. The van der Waals surface area contributed by atoms with E-state index in [4.69, 9.17) is 4.42 Å². The zero-order chi connectivity index (χ0) is 15.0. The molecule has 0 aliphatic heterocycles. The number of aromatic nitrogens is 1. The Kier molecular flexibility index (Phi) is 3.34. The van der Waals surface area contributed by atoms with Crippen LogP contribution in [0.5, 0.6) is 0 Å². The first kappa shape index (κ1) is 13.6. The van der Waals surface area contributed by atoms with Gasteiger partial charge in [0.05, 0.1) is 5.52 Å². The van der Waals surface area contributed by atoms with E-state index in [0.717, 1.165) is 6.07 Å². The molecule has 0 saturated carbocycles. The zero-order valence-corrected chi connectivity index (χ0v) is 12.0. The van der Waals surface area contributed by atoms with Crippen molar-refractivity contribution in [2.75, 3.05) is 5.32 Å². The molecule has 0 atom stereocenters. The van der Waals surface area contributed by atoms with Gasteiger partial charge in [-0.05, 0) is 30.3 Å². The number of carbonyl (C=O) groups excluding carboxylic acids is 1. The number of H-pyrrole nitrogens is 1. The summed E-state index contributed by atoms with van der Waals surface area (Å²) in [5.74, 6) is -1.54. The monoisotopic (exact) mass is 350 g/mol. The summed E-state index contributed by atoms with van der Waals surface area (Å²) in [7, 11) is 0. The van der Waals surface area contributed by atoms with Crippen LogP contribution in [0.4, 0.5) is 10.1 Å². The summed E-state index contributed by atoms with van der Waals surface area (Å²) < 4.78 is 18.7. The highest BCUT2D eigenvalue weighted by atomic mass is 79.9.